The summed E-state index contributed by atoms with van der Waals surface area (Å²) in [6.07, 6.45) is 2.82. The third-order valence-electron chi connectivity index (χ3n) is 4.36. The van der Waals surface area contributed by atoms with E-state index in [1.807, 2.05) is 48.5 Å². The number of carbonyl (C=O) groups excluding carboxylic acids is 1. The van der Waals surface area contributed by atoms with Gasteiger partial charge in [-0.1, -0.05) is 24.3 Å². The molecule has 2 aromatic rings. The molecule has 0 aliphatic heterocycles. The van der Waals surface area contributed by atoms with Crippen molar-refractivity contribution in [2.24, 2.45) is 5.73 Å². The van der Waals surface area contributed by atoms with Crippen LogP contribution in [-0.4, -0.2) is 25.1 Å². The Morgan fingerprint density at radius 3 is 2.50 bits per heavy atom. The molecular formula is C19H23ClN2O2. The molecule has 1 fully saturated rings. The second kappa shape index (κ2) is 8.18. The van der Waals surface area contributed by atoms with Crippen molar-refractivity contribution in [2.45, 2.75) is 31.3 Å². The molecule has 0 radical (unpaired) electrons. The molecule has 0 bridgehead atoms. The number of rotatable bonds is 4. The summed E-state index contributed by atoms with van der Waals surface area (Å²) in [6, 6.07) is 15.9. The second-order valence-electron chi connectivity index (χ2n) is 6.05. The normalized spacial score (nSPS) is 19.4. The predicted molar refractivity (Wildman–Crippen MR) is 98.8 cm³/mol. The van der Waals surface area contributed by atoms with Gasteiger partial charge in [0.1, 0.15) is 5.75 Å². The van der Waals surface area contributed by atoms with E-state index in [1.54, 1.807) is 7.11 Å². The first-order chi connectivity index (χ1) is 11.2. The summed E-state index contributed by atoms with van der Waals surface area (Å²) >= 11 is 0. The van der Waals surface area contributed by atoms with Crippen molar-refractivity contribution in [3.63, 3.8) is 0 Å². The zero-order valence-electron chi connectivity index (χ0n) is 13.7. The Hall–Kier alpha value is -2.04. The molecule has 0 saturated heterocycles. The topological polar surface area (TPSA) is 64.3 Å². The standard InChI is InChI=1S/C19H22N2O2.ClH/c1-23-18-4-2-3-15(11-18)13-5-7-14(8-6-13)19(22)21-17-10-9-16(20)12-17;/h2-8,11,16-17H,9-10,12,20H2,1H3,(H,21,22);1H/t16-,17+;/m1./s1. The van der Waals surface area contributed by atoms with E-state index in [9.17, 15) is 4.79 Å². The van der Waals surface area contributed by atoms with Crippen LogP contribution in [0.25, 0.3) is 11.1 Å². The minimum atomic E-state index is -0.0266. The first kappa shape index (κ1) is 18.3. The van der Waals surface area contributed by atoms with E-state index in [-0.39, 0.29) is 30.4 Å². The Balaban J connectivity index is 0.00000208. The zero-order chi connectivity index (χ0) is 16.2. The van der Waals surface area contributed by atoms with E-state index >= 15 is 0 Å². The number of halogens is 1. The van der Waals surface area contributed by atoms with Crippen LogP contribution >= 0.6 is 12.4 Å². The monoisotopic (exact) mass is 346 g/mol. The summed E-state index contributed by atoms with van der Waals surface area (Å²) in [4.78, 5) is 12.3. The van der Waals surface area contributed by atoms with Crippen LogP contribution in [0.15, 0.2) is 48.5 Å². The van der Waals surface area contributed by atoms with Crippen LogP contribution in [-0.2, 0) is 0 Å². The minimum absolute atomic E-state index is 0. The zero-order valence-corrected chi connectivity index (χ0v) is 14.5. The maximum Gasteiger partial charge on any atom is 0.251 e. The summed E-state index contributed by atoms with van der Waals surface area (Å²) in [6.45, 7) is 0. The summed E-state index contributed by atoms with van der Waals surface area (Å²) in [5, 5.41) is 3.06. The Kier molecular flexibility index (Phi) is 6.23. The fraction of sp³-hybridized carbons (Fsp3) is 0.316. The average molecular weight is 347 g/mol. The lowest BCUT2D eigenvalue weighted by Crippen LogP contribution is -2.33. The number of amides is 1. The second-order valence-corrected chi connectivity index (χ2v) is 6.05. The molecule has 3 rings (SSSR count). The number of ether oxygens (including phenoxy) is 1. The van der Waals surface area contributed by atoms with E-state index in [0.29, 0.717) is 5.56 Å². The van der Waals surface area contributed by atoms with Crippen molar-refractivity contribution in [2.75, 3.05) is 7.11 Å². The fourth-order valence-corrected chi connectivity index (χ4v) is 3.03. The van der Waals surface area contributed by atoms with Crippen molar-refractivity contribution >= 4 is 18.3 Å². The third kappa shape index (κ3) is 4.28. The highest BCUT2D eigenvalue weighted by Gasteiger charge is 2.23. The number of hydrogen-bond donors (Lipinski definition) is 2. The van der Waals surface area contributed by atoms with Crippen molar-refractivity contribution in [3.8, 4) is 16.9 Å². The maximum atomic E-state index is 12.3. The van der Waals surface area contributed by atoms with Gasteiger partial charge < -0.3 is 15.8 Å². The van der Waals surface area contributed by atoms with E-state index in [1.165, 1.54) is 0 Å². The van der Waals surface area contributed by atoms with Crippen LogP contribution in [0.5, 0.6) is 5.75 Å². The highest BCUT2D eigenvalue weighted by atomic mass is 35.5. The SMILES string of the molecule is COc1cccc(-c2ccc(C(=O)N[C@H]3CC[C@@H](N)C3)cc2)c1.Cl. The van der Waals surface area contributed by atoms with Gasteiger partial charge in [-0.05, 0) is 54.7 Å². The molecule has 4 nitrogen and oxygen atoms in total. The molecular weight excluding hydrogens is 324 g/mol. The number of benzene rings is 2. The molecule has 0 heterocycles. The van der Waals surface area contributed by atoms with Gasteiger partial charge in [-0.15, -0.1) is 12.4 Å². The molecule has 0 unspecified atom stereocenters. The summed E-state index contributed by atoms with van der Waals surface area (Å²) in [7, 11) is 1.65. The van der Waals surface area contributed by atoms with Crippen molar-refractivity contribution in [1.82, 2.24) is 5.32 Å². The maximum absolute atomic E-state index is 12.3. The quantitative estimate of drug-likeness (QED) is 0.891. The highest BCUT2D eigenvalue weighted by Crippen LogP contribution is 2.24. The van der Waals surface area contributed by atoms with Gasteiger partial charge in [0, 0.05) is 17.6 Å². The van der Waals surface area contributed by atoms with E-state index in [2.05, 4.69) is 5.32 Å². The predicted octanol–water partition coefficient (Wildman–Crippen LogP) is 3.39. The van der Waals surface area contributed by atoms with E-state index < -0.39 is 0 Å². The number of nitrogens with one attached hydrogen (secondary N) is 1. The van der Waals surface area contributed by atoms with Crippen molar-refractivity contribution in [1.29, 1.82) is 0 Å². The first-order valence-corrected chi connectivity index (χ1v) is 7.96. The number of hydrogen-bond acceptors (Lipinski definition) is 3. The molecule has 1 saturated carbocycles. The van der Waals surface area contributed by atoms with Crippen LogP contribution in [0, 0.1) is 0 Å². The lowest BCUT2D eigenvalue weighted by Gasteiger charge is -2.12. The largest absolute Gasteiger partial charge is 0.497 e. The molecule has 0 spiro atoms. The number of carbonyl (C=O) groups is 1. The van der Waals surface area contributed by atoms with Crippen molar-refractivity contribution in [3.05, 3.63) is 54.1 Å². The molecule has 24 heavy (non-hydrogen) atoms. The summed E-state index contributed by atoms with van der Waals surface area (Å²) in [5.74, 6) is 0.795. The van der Waals surface area contributed by atoms with Crippen LogP contribution in [0.3, 0.4) is 0 Å². The lowest BCUT2D eigenvalue weighted by atomic mass is 10.0. The van der Waals surface area contributed by atoms with Gasteiger partial charge in [0.15, 0.2) is 0 Å². The molecule has 1 aliphatic carbocycles. The van der Waals surface area contributed by atoms with Gasteiger partial charge in [0.2, 0.25) is 0 Å². The van der Waals surface area contributed by atoms with E-state index in [4.69, 9.17) is 10.5 Å². The minimum Gasteiger partial charge on any atom is -0.497 e. The third-order valence-corrected chi connectivity index (χ3v) is 4.36. The smallest absolute Gasteiger partial charge is 0.251 e. The molecule has 2 aromatic carbocycles. The van der Waals surface area contributed by atoms with Gasteiger partial charge in [-0.2, -0.15) is 0 Å². The van der Waals surface area contributed by atoms with Crippen LogP contribution in [0.2, 0.25) is 0 Å². The van der Waals surface area contributed by atoms with Gasteiger partial charge in [-0.25, -0.2) is 0 Å². The Labute approximate surface area is 148 Å². The van der Waals surface area contributed by atoms with Crippen LogP contribution in [0.1, 0.15) is 29.6 Å². The van der Waals surface area contributed by atoms with Crippen LogP contribution < -0.4 is 15.8 Å². The average Bonchev–Trinajstić information content (AvgIpc) is 3.00. The Morgan fingerprint density at radius 2 is 1.88 bits per heavy atom. The fourth-order valence-electron chi connectivity index (χ4n) is 3.03. The van der Waals surface area contributed by atoms with Gasteiger partial charge in [0.25, 0.3) is 5.91 Å². The van der Waals surface area contributed by atoms with Gasteiger partial charge in [-0.3, -0.25) is 4.79 Å². The lowest BCUT2D eigenvalue weighted by molar-refractivity contribution is 0.0937. The molecule has 0 aromatic heterocycles. The number of methoxy groups -OCH3 is 1. The summed E-state index contributed by atoms with van der Waals surface area (Å²) < 4.78 is 5.25. The number of nitrogens with two attached hydrogens (primary N) is 1. The first-order valence-electron chi connectivity index (χ1n) is 7.96. The molecule has 3 N–H and O–H groups in total. The summed E-state index contributed by atoms with van der Waals surface area (Å²) in [5.41, 5.74) is 8.69. The van der Waals surface area contributed by atoms with Crippen LogP contribution in [0.4, 0.5) is 0 Å². The molecule has 1 aliphatic rings. The van der Waals surface area contributed by atoms with Gasteiger partial charge >= 0.3 is 0 Å². The van der Waals surface area contributed by atoms with E-state index in [0.717, 1.165) is 36.1 Å². The molecule has 2 atom stereocenters. The van der Waals surface area contributed by atoms with Gasteiger partial charge in [0.05, 0.1) is 7.11 Å². The molecule has 128 valence electrons. The Morgan fingerprint density at radius 1 is 1.12 bits per heavy atom. The molecule has 5 heteroatoms. The highest BCUT2D eigenvalue weighted by molar-refractivity contribution is 5.94. The molecule has 1 amide bonds. The van der Waals surface area contributed by atoms with Crippen molar-refractivity contribution < 1.29 is 9.53 Å². The Bertz CT molecular complexity index is 688.